The predicted octanol–water partition coefficient (Wildman–Crippen LogP) is 2.03. The van der Waals surface area contributed by atoms with E-state index in [1.54, 1.807) is 0 Å². The minimum absolute atomic E-state index is 0.0517. The highest BCUT2D eigenvalue weighted by molar-refractivity contribution is 7.99. The van der Waals surface area contributed by atoms with Crippen LogP contribution >= 0.6 is 11.8 Å². The third kappa shape index (κ3) is 2.52. The van der Waals surface area contributed by atoms with Crippen LogP contribution in [0.3, 0.4) is 0 Å². The second-order valence-electron chi connectivity index (χ2n) is 6.42. The number of rotatable bonds is 5. The molecular formula is C14H20N4O2S. The number of carboxylic acid groups (broad SMARTS) is 1. The molecule has 0 bridgehead atoms. The smallest absolute Gasteiger partial charge is 0.313 e. The lowest BCUT2D eigenvalue weighted by atomic mass is 10.0. The lowest BCUT2D eigenvalue weighted by Crippen LogP contribution is -2.24. The van der Waals surface area contributed by atoms with Crippen molar-refractivity contribution in [2.45, 2.75) is 43.3 Å². The van der Waals surface area contributed by atoms with E-state index in [-0.39, 0.29) is 5.75 Å². The molecular weight excluding hydrogens is 288 g/mol. The van der Waals surface area contributed by atoms with Crippen LogP contribution in [0.4, 0.5) is 5.95 Å². The third-order valence-electron chi connectivity index (χ3n) is 4.89. The van der Waals surface area contributed by atoms with Crippen molar-refractivity contribution in [3.8, 4) is 0 Å². The zero-order valence-corrected chi connectivity index (χ0v) is 12.8. The number of hydrogen-bond donors (Lipinski definition) is 1. The van der Waals surface area contributed by atoms with Gasteiger partial charge in [0, 0.05) is 19.1 Å². The molecule has 1 saturated heterocycles. The van der Waals surface area contributed by atoms with Crippen LogP contribution in [-0.4, -0.2) is 44.7 Å². The van der Waals surface area contributed by atoms with E-state index in [1.165, 1.54) is 31.0 Å². The maximum absolute atomic E-state index is 10.8. The number of carboxylic acids is 1. The fourth-order valence-corrected chi connectivity index (χ4v) is 4.48. The molecule has 6 nitrogen and oxygen atoms in total. The van der Waals surface area contributed by atoms with Gasteiger partial charge in [0.1, 0.15) is 0 Å². The highest BCUT2D eigenvalue weighted by atomic mass is 32.2. The van der Waals surface area contributed by atoms with E-state index in [2.05, 4.69) is 19.7 Å². The fourth-order valence-electron chi connectivity index (χ4n) is 3.76. The molecule has 2 heterocycles. The zero-order chi connectivity index (χ0) is 14.4. The summed E-state index contributed by atoms with van der Waals surface area (Å²) >= 11 is 1.29. The molecule has 2 unspecified atom stereocenters. The Bertz CT molecular complexity index is 545. The largest absolute Gasteiger partial charge is 0.481 e. The van der Waals surface area contributed by atoms with Gasteiger partial charge in [0.25, 0.3) is 0 Å². The monoisotopic (exact) mass is 308 g/mol. The van der Waals surface area contributed by atoms with Gasteiger partial charge < -0.3 is 10.0 Å². The van der Waals surface area contributed by atoms with Gasteiger partial charge in [-0.25, -0.2) is 0 Å². The van der Waals surface area contributed by atoms with Crippen molar-refractivity contribution in [2.75, 3.05) is 23.7 Å². The summed E-state index contributed by atoms with van der Waals surface area (Å²) in [6.45, 7) is 2.19. The summed E-state index contributed by atoms with van der Waals surface area (Å²) in [5.41, 5.74) is 0. The first kappa shape index (κ1) is 13.4. The first-order chi connectivity index (χ1) is 10.2. The number of nitrogens with zero attached hydrogens (tertiary/aromatic N) is 4. The molecule has 1 aromatic heterocycles. The molecule has 21 heavy (non-hydrogen) atoms. The Balaban J connectivity index is 1.56. The molecule has 4 rings (SSSR count). The average molecular weight is 308 g/mol. The van der Waals surface area contributed by atoms with Gasteiger partial charge >= 0.3 is 5.97 Å². The molecule has 0 radical (unpaired) electrons. The highest BCUT2D eigenvalue weighted by Gasteiger charge is 2.40. The van der Waals surface area contributed by atoms with Gasteiger partial charge in [-0.15, -0.1) is 10.2 Å². The van der Waals surface area contributed by atoms with E-state index in [4.69, 9.17) is 5.11 Å². The number of carbonyl (C=O) groups is 1. The van der Waals surface area contributed by atoms with Crippen molar-refractivity contribution in [3.63, 3.8) is 0 Å². The van der Waals surface area contributed by atoms with Gasteiger partial charge in [-0.2, -0.15) is 0 Å². The van der Waals surface area contributed by atoms with Crippen molar-refractivity contribution >= 4 is 23.7 Å². The number of thioether (sulfide) groups is 1. The van der Waals surface area contributed by atoms with Crippen LogP contribution in [0.5, 0.6) is 0 Å². The Hall–Kier alpha value is -1.24. The van der Waals surface area contributed by atoms with Crippen LogP contribution in [0.1, 0.15) is 38.1 Å². The van der Waals surface area contributed by atoms with E-state index in [0.717, 1.165) is 48.9 Å². The molecule has 114 valence electrons. The number of aliphatic carboxylic acids is 1. The Kier molecular flexibility index (Phi) is 3.32. The van der Waals surface area contributed by atoms with Crippen LogP contribution in [0, 0.1) is 11.8 Å². The summed E-state index contributed by atoms with van der Waals surface area (Å²) in [5.74, 6) is 1.87. The molecule has 0 aromatic carbocycles. The third-order valence-corrected chi connectivity index (χ3v) is 5.82. The van der Waals surface area contributed by atoms with Crippen LogP contribution in [-0.2, 0) is 4.79 Å². The van der Waals surface area contributed by atoms with Crippen molar-refractivity contribution in [1.29, 1.82) is 0 Å². The topological polar surface area (TPSA) is 71.2 Å². The molecule has 0 amide bonds. The van der Waals surface area contributed by atoms with Crippen molar-refractivity contribution in [2.24, 2.45) is 11.8 Å². The van der Waals surface area contributed by atoms with Crippen molar-refractivity contribution < 1.29 is 9.90 Å². The predicted molar refractivity (Wildman–Crippen MR) is 79.7 cm³/mol. The normalized spacial score (nSPS) is 28.1. The Morgan fingerprint density at radius 1 is 1.19 bits per heavy atom. The minimum Gasteiger partial charge on any atom is -0.481 e. The molecule has 7 heteroatoms. The minimum atomic E-state index is -0.803. The summed E-state index contributed by atoms with van der Waals surface area (Å²) in [6.07, 6.45) is 6.38. The summed E-state index contributed by atoms with van der Waals surface area (Å²) in [7, 11) is 0. The van der Waals surface area contributed by atoms with E-state index < -0.39 is 5.97 Å². The standard InChI is InChI=1S/C14H20N4O2S/c19-12(20)8-21-14-16-15-13(18(14)11-4-5-11)17-6-9-2-1-3-10(9)7-17/h9-11H,1-8H2,(H,19,20). The van der Waals surface area contributed by atoms with Gasteiger partial charge in [-0.1, -0.05) is 18.2 Å². The van der Waals surface area contributed by atoms with Gasteiger partial charge in [0.2, 0.25) is 5.95 Å². The lowest BCUT2D eigenvalue weighted by Gasteiger charge is -2.19. The Morgan fingerprint density at radius 2 is 1.90 bits per heavy atom. The summed E-state index contributed by atoms with van der Waals surface area (Å²) < 4.78 is 2.19. The van der Waals surface area contributed by atoms with E-state index in [0.29, 0.717) is 6.04 Å². The molecule has 2 saturated carbocycles. The molecule has 1 aliphatic heterocycles. The summed E-state index contributed by atoms with van der Waals surface area (Å²) in [5, 5.41) is 18.3. The molecule has 2 aliphatic carbocycles. The average Bonchev–Trinajstić information content (AvgIpc) is 2.87. The maximum atomic E-state index is 10.8. The molecule has 0 spiro atoms. The Morgan fingerprint density at radius 3 is 2.52 bits per heavy atom. The van der Waals surface area contributed by atoms with Crippen molar-refractivity contribution in [3.05, 3.63) is 0 Å². The van der Waals surface area contributed by atoms with Crippen LogP contribution in [0.25, 0.3) is 0 Å². The summed E-state index contributed by atoms with van der Waals surface area (Å²) in [4.78, 5) is 13.2. The number of anilines is 1. The second kappa shape index (κ2) is 5.19. The highest BCUT2D eigenvalue weighted by Crippen LogP contribution is 2.44. The zero-order valence-electron chi connectivity index (χ0n) is 11.9. The summed E-state index contributed by atoms with van der Waals surface area (Å²) in [6, 6.07) is 0.478. The molecule has 1 N–H and O–H groups in total. The number of aromatic nitrogens is 3. The van der Waals surface area contributed by atoms with Crippen LogP contribution in [0.2, 0.25) is 0 Å². The van der Waals surface area contributed by atoms with E-state index >= 15 is 0 Å². The molecule has 3 fully saturated rings. The van der Waals surface area contributed by atoms with E-state index in [1.807, 2.05) is 0 Å². The molecule has 1 aromatic rings. The number of hydrogen-bond acceptors (Lipinski definition) is 5. The maximum Gasteiger partial charge on any atom is 0.313 e. The van der Waals surface area contributed by atoms with Crippen molar-refractivity contribution in [1.82, 2.24) is 14.8 Å². The molecule has 3 aliphatic rings. The van der Waals surface area contributed by atoms with Gasteiger partial charge in [-0.3, -0.25) is 9.36 Å². The Labute approximate surface area is 127 Å². The van der Waals surface area contributed by atoms with Gasteiger partial charge in [-0.05, 0) is 37.5 Å². The fraction of sp³-hybridized carbons (Fsp3) is 0.786. The quantitative estimate of drug-likeness (QED) is 0.839. The lowest BCUT2D eigenvalue weighted by molar-refractivity contribution is -0.133. The van der Waals surface area contributed by atoms with Crippen LogP contribution in [0.15, 0.2) is 5.16 Å². The van der Waals surface area contributed by atoms with Gasteiger partial charge in [0.05, 0.1) is 5.75 Å². The van der Waals surface area contributed by atoms with Crippen LogP contribution < -0.4 is 4.90 Å². The first-order valence-electron chi connectivity index (χ1n) is 7.77. The van der Waals surface area contributed by atoms with Gasteiger partial charge in [0.15, 0.2) is 5.16 Å². The molecule has 2 atom stereocenters. The SMILES string of the molecule is O=C(O)CSc1nnc(N2CC3CCCC3C2)n1C1CC1. The van der Waals surface area contributed by atoms with E-state index in [9.17, 15) is 4.79 Å². The second-order valence-corrected chi connectivity index (χ2v) is 7.36. The number of fused-ring (bicyclic) bond motifs is 1. The first-order valence-corrected chi connectivity index (χ1v) is 8.75.